The predicted molar refractivity (Wildman–Crippen MR) is 102 cm³/mol. The Bertz CT molecular complexity index is 892. The molecule has 0 unspecified atom stereocenters. The van der Waals surface area contributed by atoms with E-state index in [1.807, 2.05) is 19.1 Å². The van der Waals surface area contributed by atoms with Crippen LogP contribution in [0.4, 0.5) is 0 Å². The van der Waals surface area contributed by atoms with Crippen LogP contribution in [-0.2, 0) is 4.79 Å². The summed E-state index contributed by atoms with van der Waals surface area (Å²) in [6.07, 6.45) is 10.4. The monoisotopic (exact) mass is 352 g/mol. The maximum absolute atomic E-state index is 12.7. The normalized spacial score (nSPS) is 14.8. The van der Waals surface area contributed by atoms with Crippen LogP contribution in [0.25, 0.3) is 10.9 Å². The highest BCUT2D eigenvalue weighted by Crippen LogP contribution is 2.18. The molecule has 0 bridgehead atoms. The van der Waals surface area contributed by atoms with Gasteiger partial charge in [-0.2, -0.15) is 0 Å². The fourth-order valence-electron chi connectivity index (χ4n) is 3.07. The van der Waals surface area contributed by atoms with E-state index >= 15 is 0 Å². The molecular formula is C20H24N4O2. The molecule has 2 aromatic rings. The zero-order chi connectivity index (χ0) is 18.7. The molecule has 0 fully saturated rings. The van der Waals surface area contributed by atoms with Gasteiger partial charge in [-0.1, -0.05) is 18.2 Å². The number of pyridine rings is 1. The van der Waals surface area contributed by atoms with Crippen LogP contribution in [-0.4, -0.2) is 46.8 Å². The third kappa shape index (κ3) is 4.02. The predicted octanol–water partition coefficient (Wildman–Crippen LogP) is 2.72. The van der Waals surface area contributed by atoms with Crippen LogP contribution >= 0.6 is 0 Å². The van der Waals surface area contributed by atoms with Crippen LogP contribution < -0.4 is 5.32 Å². The summed E-state index contributed by atoms with van der Waals surface area (Å²) in [5.74, 6) is -0.411. The molecule has 0 radical (unpaired) electrons. The Kier molecular flexibility index (Phi) is 5.21. The van der Waals surface area contributed by atoms with Gasteiger partial charge in [0.1, 0.15) is 11.7 Å². The molecular weight excluding hydrogens is 328 g/mol. The van der Waals surface area contributed by atoms with Crippen molar-refractivity contribution in [2.75, 3.05) is 14.1 Å². The highest BCUT2D eigenvalue weighted by Gasteiger charge is 2.24. The van der Waals surface area contributed by atoms with Crippen LogP contribution in [0.15, 0.2) is 42.1 Å². The summed E-state index contributed by atoms with van der Waals surface area (Å²) < 4.78 is 0. The molecule has 0 saturated carbocycles. The summed E-state index contributed by atoms with van der Waals surface area (Å²) in [5.41, 5.74) is 3.19. The summed E-state index contributed by atoms with van der Waals surface area (Å²) in [4.78, 5) is 34.1. The topological polar surface area (TPSA) is 78.1 Å². The van der Waals surface area contributed by atoms with E-state index in [9.17, 15) is 9.59 Å². The van der Waals surface area contributed by atoms with Crippen molar-refractivity contribution in [2.24, 2.45) is 0 Å². The average molecular weight is 352 g/mol. The number of H-pyrrole nitrogens is 1. The molecule has 26 heavy (non-hydrogen) atoms. The minimum atomic E-state index is -0.599. The number of aromatic amines is 1. The van der Waals surface area contributed by atoms with Crippen LogP contribution in [0.3, 0.4) is 0 Å². The van der Waals surface area contributed by atoms with Crippen molar-refractivity contribution in [3.63, 3.8) is 0 Å². The Morgan fingerprint density at radius 2 is 2.12 bits per heavy atom. The molecule has 0 saturated heterocycles. The van der Waals surface area contributed by atoms with Crippen molar-refractivity contribution in [2.45, 2.75) is 32.2 Å². The minimum absolute atomic E-state index is 0.119. The molecule has 2 heterocycles. The maximum Gasteiger partial charge on any atom is 0.268 e. The first-order valence-electron chi connectivity index (χ1n) is 8.77. The number of rotatable bonds is 5. The van der Waals surface area contributed by atoms with Gasteiger partial charge in [-0.25, -0.2) is 0 Å². The lowest BCUT2D eigenvalue weighted by molar-refractivity contribution is -0.130. The second kappa shape index (κ2) is 7.56. The largest absolute Gasteiger partial charge is 0.349 e. The van der Waals surface area contributed by atoms with Gasteiger partial charge in [0.2, 0.25) is 5.91 Å². The molecule has 0 spiro atoms. The number of nitrogens with one attached hydrogen (secondary N) is 2. The minimum Gasteiger partial charge on any atom is -0.349 e. The highest BCUT2D eigenvalue weighted by atomic mass is 16.2. The van der Waals surface area contributed by atoms with Gasteiger partial charge in [0, 0.05) is 31.6 Å². The Labute approximate surface area is 153 Å². The molecule has 1 atom stereocenters. The lowest BCUT2D eigenvalue weighted by Crippen LogP contribution is -2.46. The first-order chi connectivity index (χ1) is 12.4. The lowest BCUT2D eigenvalue weighted by Gasteiger charge is -2.22. The van der Waals surface area contributed by atoms with Gasteiger partial charge >= 0.3 is 0 Å². The van der Waals surface area contributed by atoms with Gasteiger partial charge in [0.15, 0.2) is 0 Å². The second-order valence-electron chi connectivity index (χ2n) is 6.82. The Balaban J connectivity index is 1.79. The van der Waals surface area contributed by atoms with Crippen LogP contribution in [0.5, 0.6) is 0 Å². The van der Waals surface area contributed by atoms with Crippen molar-refractivity contribution < 1.29 is 9.59 Å². The molecule has 136 valence electrons. The fraction of sp³-hybridized carbons (Fsp3) is 0.350. The van der Waals surface area contributed by atoms with Crippen molar-refractivity contribution in [1.82, 2.24) is 20.2 Å². The van der Waals surface area contributed by atoms with E-state index in [1.54, 1.807) is 26.4 Å². The fourth-order valence-corrected chi connectivity index (χ4v) is 3.07. The summed E-state index contributed by atoms with van der Waals surface area (Å²) >= 11 is 0. The number of aryl methyl sites for hydroxylation is 1. The molecule has 2 aromatic heterocycles. The zero-order valence-corrected chi connectivity index (χ0v) is 15.4. The number of hydrogen-bond donors (Lipinski definition) is 2. The van der Waals surface area contributed by atoms with Crippen molar-refractivity contribution in [1.29, 1.82) is 0 Å². The number of hydrogen-bond acceptors (Lipinski definition) is 3. The Morgan fingerprint density at radius 3 is 2.81 bits per heavy atom. The summed E-state index contributed by atoms with van der Waals surface area (Å²) in [7, 11) is 3.40. The van der Waals surface area contributed by atoms with Gasteiger partial charge < -0.3 is 15.2 Å². The molecule has 3 rings (SSSR count). The molecule has 0 aliphatic heterocycles. The number of carbonyl (C=O) groups is 2. The second-order valence-corrected chi connectivity index (χ2v) is 6.82. The molecule has 6 nitrogen and oxygen atoms in total. The first kappa shape index (κ1) is 17.9. The summed E-state index contributed by atoms with van der Waals surface area (Å²) in [6.45, 7) is 1.91. The number of likely N-dealkylation sites (N-methyl/N-ethyl adjacent to an activating group) is 1. The van der Waals surface area contributed by atoms with Gasteiger partial charge in [0.25, 0.3) is 5.91 Å². The number of carbonyl (C=O) groups excluding carboxylic acids is 2. The number of amides is 2. The van der Waals surface area contributed by atoms with E-state index < -0.39 is 6.04 Å². The summed E-state index contributed by atoms with van der Waals surface area (Å²) in [6, 6.07) is 3.11. The molecule has 6 heteroatoms. The van der Waals surface area contributed by atoms with Crippen LogP contribution in [0, 0.1) is 6.92 Å². The van der Waals surface area contributed by atoms with Crippen molar-refractivity contribution in [3.05, 3.63) is 53.5 Å². The third-order valence-corrected chi connectivity index (χ3v) is 4.44. The number of nitrogens with zero attached hydrogens (tertiary/aromatic N) is 2. The molecule has 1 aliphatic carbocycles. The van der Waals surface area contributed by atoms with E-state index in [0.29, 0.717) is 12.1 Å². The van der Waals surface area contributed by atoms with Gasteiger partial charge in [-0.05, 0) is 37.5 Å². The Morgan fingerprint density at radius 1 is 1.31 bits per heavy atom. The standard InChI is InChI=1S/C20H24N4O2/c1-13-9-15-11-16(22-18(15)12-21-13)19(25)23-17(20(26)24(2)3)10-14-7-5-4-6-8-14/h5,7-9,11-12,17,22H,4,6,10H2,1-3H3,(H,23,25)/t17-/m0/s1. The number of allylic oxidation sites excluding steroid dienone is 3. The summed E-state index contributed by atoms with van der Waals surface area (Å²) in [5, 5.41) is 3.81. The number of fused-ring (bicyclic) bond motifs is 1. The van der Waals surface area contributed by atoms with Gasteiger partial charge in [0.05, 0.1) is 11.7 Å². The van der Waals surface area contributed by atoms with Gasteiger partial charge in [-0.3, -0.25) is 14.6 Å². The van der Waals surface area contributed by atoms with Crippen molar-refractivity contribution >= 4 is 22.7 Å². The van der Waals surface area contributed by atoms with Crippen LogP contribution in [0.2, 0.25) is 0 Å². The zero-order valence-electron chi connectivity index (χ0n) is 15.4. The first-order valence-corrected chi connectivity index (χ1v) is 8.77. The molecule has 2 N–H and O–H groups in total. The average Bonchev–Trinajstić information content (AvgIpc) is 3.04. The van der Waals surface area contributed by atoms with E-state index in [-0.39, 0.29) is 11.8 Å². The van der Waals surface area contributed by atoms with E-state index in [0.717, 1.165) is 35.0 Å². The molecule has 1 aliphatic rings. The third-order valence-electron chi connectivity index (χ3n) is 4.44. The molecule has 2 amide bonds. The highest BCUT2D eigenvalue weighted by molar-refractivity contribution is 6.00. The van der Waals surface area contributed by atoms with E-state index in [2.05, 4.69) is 27.4 Å². The maximum atomic E-state index is 12.7. The van der Waals surface area contributed by atoms with E-state index in [4.69, 9.17) is 0 Å². The lowest BCUT2D eigenvalue weighted by atomic mass is 9.99. The quantitative estimate of drug-likeness (QED) is 0.868. The van der Waals surface area contributed by atoms with Crippen LogP contribution in [0.1, 0.15) is 35.4 Å². The SMILES string of the molecule is Cc1cc2cc(C(=O)N[C@@H](CC3=CCCC=C3)C(=O)N(C)C)[nH]c2cn1. The Hall–Kier alpha value is -2.89. The number of aromatic nitrogens is 2. The smallest absolute Gasteiger partial charge is 0.268 e. The van der Waals surface area contributed by atoms with E-state index in [1.165, 1.54) is 4.90 Å². The molecule has 0 aromatic carbocycles. The van der Waals surface area contributed by atoms with Gasteiger partial charge in [-0.15, -0.1) is 0 Å². The van der Waals surface area contributed by atoms with Crippen molar-refractivity contribution in [3.8, 4) is 0 Å².